The number of aliphatic imine (C=N–C) groups is 1. The Morgan fingerprint density at radius 2 is 1.92 bits per heavy atom. The van der Waals surface area contributed by atoms with Gasteiger partial charge in [-0.2, -0.15) is 0 Å². The van der Waals surface area contributed by atoms with Gasteiger partial charge in [0.15, 0.2) is 5.96 Å². The molecule has 1 aromatic carbocycles. The van der Waals surface area contributed by atoms with E-state index in [1.807, 2.05) is 38.1 Å². The molecule has 0 saturated heterocycles. The molecule has 0 bridgehead atoms. The van der Waals surface area contributed by atoms with Crippen LogP contribution in [0.4, 0.5) is 0 Å². The molecule has 0 saturated carbocycles. The minimum Gasteiger partial charge on any atom is -0.356 e. The number of hydrogen-bond acceptors (Lipinski definition) is 2. The average molecular weight is 467 g/mol. The molecule has 0 spiro atoms. The molecule has 1 rings (SSSR count). The number of carbonyl (C=O) groups is 1. The highest BCUT2D eigenvalue weighted by Crippen LogP contribution is 2.14. The van der Waals surface area contributed by atoms with Crippen molar-refractivity contribution in [3.05, 3.63) is 34.9 Å². The van der Waals surface area contributed by atoms with Gasteiger partial charge in [-0.15, -0.1) is 24.0 Å². The summed E-state index contributed by atoms with van der Waals surface area (Å²) in [5.74, 6) is 0.742. The highest BCUT2D eigenvalue weighted by molar-refractivity contribution is 14.0. The Balaban J connectivity index is 0.00000529. The Hall–Kier alpha value is -1.02. The van der Waals surface area contributed by atoms with Gasteiger partial charge in [-0.05, 0) is 31.4 Å². The highest BCUT2D eigenvalue weighted by Gasteiger charge is 2.06. The second-order valence-corrected chi connectivity index (χ2v) is 5.80. The van der Waals surface area contributed by atoms with Crippen molar-refractivity contribution in [1.29, 1.82) is 0 Å². The van der Waals surface area contributed by atoms with E-state index in [9.17, 15) is 4.79 Å². The van der Waals surface area contributed by atoms with Crippen molar-refractivity contribution in [1.82, 2.24) is 16.0 Å². The number of nitrogens with one attached hydrogen (secondary N) is 3. The summed E-state index contributed by atoms with van der Waals surface area (Å²) >= 11 is 6.13. The van der Waals surface area contributed by atoms with E-state index < -0.39 is 0 Å². The molecule has 0 aliphatic heterocycles. The first-order valence-electron chi connectivity index (χ1n) is 8.04. The predicted octanol–water partition coefficient (Wildman–Crippen LogP) is 2.97. The smallest absolute Gasteiger partial charge is 0.221 e. The molecule has 0 radical (unpaired) electrons. The van der Waals surface area contributed by atoms with Crippen molar-refractivity contribution in [3.63, 3.8) is 0 Å². The Morgan fingerprint density at radius 1 is 1.25 bits per heavy atom. The summed E-state index contributed by atoms with van der Waals surface area (Å²) in [6, 6.07) is 8.02. The summed E-state index contributed by atoms with van der Waals surface area (Å²) in [6.07, 6.45) is 2.18. The molecule has 0 fully saturated rings. The van der Waals surface area contributed by atoms with Gasteiger partial charge < -0.3 is 16.0 Å². The van der Waals surface area contributed by atoms with Crippen LogP contribution in [0.2, 0.25) is 5.02 Å². The summed E-state index contributed by atoms with van der Waals surface area (Å²) in [4.78, 5) is 15.8. The average Bonchev–Trinajstić information content (AvgIpc) is 2.54. The molecule has 7 heteroatoms. The van der Waals surface area contributed by atoms with Crippen molar-refractivity contribution in [2.45, 2.75) is 39.2 Å². The van der Waals surface area contributed by atoms with Crippen LogP contribution in [0.3, 0.4) is 0 Å². The second-order valence-electron chi connectivity index (χ2n) is 5.39. The van der Waals surface area contributed by atoms with E-state index in [0.29, 0.717) is 18.9 Å². The lowest BCUT2D eigenvalue weighted by Gasteiger charge is -2.14. The van der Waals surface area contributed by atoms with Gasteiger partial charge in [0, 0.05) is 37.6 Å². The number of benzene rings is 1. The molecule has 24 heavy (non-hydrogen) atoms. The van der Waals surface area contributed by atoms with Crippen LogP contribution in [0.1, 0.15) is 32.3 Å². The first-order chi connectivity index (χ1) is 11.1. The topological polar surface area (TPSA) is 65.5 Å². The lowest BCUT2D eigenvalue weighted by Crippen LogP contribution is -2.41. The first-order valence-corrected chi connectivity index (χ1v) is 8.41. The quantitative estimate of drug-likeness (QED) is 0.313. The molecule has 0 aliphatic rings. The number of hydrogen-bond donors (Lipinski definition) is 3. The normalized spacial score (nSPS) is 12.1. The number of guanidine groups is 1. The third kappa shape index (κ3) is 9.32. The SMILES string of the molecule is CCC(C)NC(=O)CCNC(=NC)NCCc1ccccc1Cl.I. The molecule has 3 N–H and O–H groups in total. The van der Waals surface area contributed by atoms with Crippen LogP contribution in [0.5, 0.6) is 0 Å². The van der Waals surface area contributed by atoms with Gasteiger partial charge in [-0.3, -0.25) is 9.79 Å². The monoisotopic (exact) mass is 466 g/mol. The summed E-state index contributed by atoms with van der Waals surface area (Å²) in [5.41, 5.74) is 1.10. The fraction of sp³-hybridized carbons (Fsp3) is 0.529. The summed E-state index contributed by atoms with van der Waals surface area (Å²) in [5, 5.41) is 10.1. The third-order valence-electron chi connectivity index (χ3n) is 3.53. The van der Waals surface area contributed by atoms with Crippen LogP contribution in [-0.2, 0) is 11.2 Å². The molecular formula is C17H28ClIN4O. The van der Waals surface area contributed by atoms with Crippen molar-refractivity contribution in [2.75, 3.05) is 20.1 Å². The van der Waals surface area contributed by atoms with E-state index in [1.165, 1.54) is 0 Å². The minimum atomic E-state index is 0. The highest BCUT2D eigenvalue weighted by atomic mass is 127. The maximum atomic E-state index is 11.7. The van der Waals surface area contributed by atoms with Crippen molar-refractivity contribution in [2.24, 2.45) is 4.99 Å². The van der Waals surface area contributed by atoms with E-state index in [0.717, 1.165) is 30.0 Å². The summed E-state index contributed by atoms with van der Waals surface area (Å²) in [6.45, 7) is 5.32. The van der Waals surface area contributed by atoms with E-state index in [2.05, 4.69) is 20.9 Å². The second kappa shape index (κ2) is 13.3. The zero-order chi connectivity index (χ0) is 17.1. The standard InChI is InChI=1S/C17H27ClN4O.HI/c1-4-13(2)22-16(23)10-12-21-17(19-3)20-11-9-14-7-5-6-8-15(14)18;/h5-8,13H,4,9-12H2,1-3H3,(H,22,23)(H2,19,20,21);1H. The van der Waals surface area contributed by atoms with Gasteiger partial charge in [0.1, 0.15) is 0 Å². The maximum absolute atomic E-state index is 11.7. The fourth-order valence-electron chi connectivity index (χ4n) is 1.98. The van der Waals surface area contributed by atoms with Crippen LogP contribution < -0.4 is 16.0 Å². The van der Waals surface area contributed by atoms with Crippen LogP contribution in [-0.4, -0.2) is 38.0 Å². The molecule has 0 heterocycles. The Bertz CT molecular complexity index is 525. The van der Waals surface area contributed by atoms with E-state index in [4.69, 9.17) is 11.6 Å². The summed E-state index contributed by atoms with van der Waals surface area (Å²) in [7, 11) is 1.71. The molecule has 1 atom stereocenters. The number of amides is 1. The lowest BCUT2D eigenvalue weighted by atomic mass is 10.1. The number of nitrogens with zero attached hydrogens (tertiary/aromatic N) is 1. The summed E-state index contributed by atoms with van der Waals surface area (Å²) < 4.78 is 0. The van der Waals surface area contributed by atoms with Gasteiger partial charge in [0.05, 0.1) is 0 Å². The molecule has 1 amide bonds. The van der Waals surface area contributed by atoms with Gasteiger partial charge in [0.25, 0.3) is 0 Å². The molecule has 0 aliphatic carbocycles. The minimum absolute atomic E-state index is 0. The fourth-order valence-corrected chi connectivity index (χ4v) is 2.21. The Morgan fingerprint density at radius 3 is 2.54 bits per heavy atom. The molecular weight excluding hydrogens is 439 g/mol. The van der Waals surface area contributed by atoms with Crippen LogP contribution in [0, 0.1) is 0 Å². The van der Waals surface area contributed by atoms with Gasteiger partial charge in [-0.1, -0.05) is 36.7 Å². The maximum Gasteiger partial charge on any atom is 0.221 e. The van der Waals surface area contributed by atoms with Crippen LogP contribution in [0.25, 0.3) is 0 Å². The van der Waals surface area contributed by atoms with Crippen LogP contribution >= 0.6 is 35.6 Å². The Labute approximate surface area is 167 Å². The Kier molecular flexibility index (Phi) is 12.7. The van der Waals surface area contributed by atoms with Crippen LogP contribution in [0.15, 0.2) is 29.3 Å². The van der Waals surface area contributed by atoms with Gasteiger partial charge in [-0.25, -0.2) is 0 Å². The number of halogens is 2. The molecule has 136 valence electrons. The van der Waals surface area contributed by atoms with E-state index >= 15 is 0 Å². The van der Waals surface area contributed by atoms with E-state index in [1.54, 1.807) is 7.05 Å². The van der Waals surface area contributed by atoms with Crippen molar-refractivity contribution < 1.29 is 4.79 Å². The zero-order valence-corrected chi connectivity index (χ0v) is 17.7. The van der Waals surface area contributed by atoms with E-state index in [-0.39, 0.29) is 35.9 Å². The third-order valence-corrected chi connectivity index (χ3v) is 3.90. The van der Waals surface area contributed by atoms with Crippen molar-refractivity contribution in [3.8, 4) is 0 Å². The molecule has 0 aromatic heterocycles. The first kappa shape index (κ1) is 23.0. The predicted molar refractivity (Wildman–Crippen MR) is 112 cm³/mol. The van der Waals surface area contributed by atoms with Crippen molar-refractivity contribution >= 4 is 47.4 Å². The zero-order valence-electron chi connectivity index (χ0n) is 14.6. The lowest BCUT2D eigenvalue weighted by molar-refractivity contribution is -0.121. The number of rotatable bonds is 8. The molecule has 1 aromatic rings. The number of carbonyl (C=O) groups excluding carboxylic acids is 1. The molecule has 1 unspecified atom stereocenters. The van der Waals surface area contributed by atoms with Gasteiger partial charge in [0.2, 0.25) is 5.91 Å². The molecule has 5 nitrogen and oxygen atoms in total. The van der Waals surface area contributed by atoms with Gasteiger partial charge >= 0.3 is 0 Å². The largest absolute Gasteiger partial charge is 0.356 e.